The van der Waals surface area contributed by atoms with Crippen LogP contribution in [-0.4, -0.2) is 37.4 Å². The number of benzene rings is 1. The van der Waals surface area contributed by atoms with Crippen molar-refractivity contribution >= 4 is 17.5 Å². The van der Waals surface area contributed by atoms with E-state index in [0.29, 0.717) is 22.6 Å². The summed E-state index contributed by atoms with van der Waals surface area (Å²) in [6.45, 7) is 5.66. The van der Waals surface area contributed by atoms with Gasteiger partial charge in [-0.3, -0.25) is 24.4 Å². The zero-order chi connectivity index (χ0) is 24.4. The molecule has 0 spiro atoms. The number of carbonyl (C=O) groups excluding carboxylic acids is 3. The van der Waals surface area contributed by atoms with Crippen molar-refractivity contribution in [3.8, 4) is 11.4 Å². The molecule has 9 heteroatoms. The van der Waals surface area contributed by atoms with Crippen LogP contribution < -0.4 is 5.32 Å². The van der Waals surface area contributed by atoms with Gasteiger partial charge in [-0.2, -0.15) is 0 Å². The van der Waals surface area contributed by atoms with Crippen molar-refractivity contribution in [2.75, 3.05) is 0 Å². The van der Waals surface area contributed by atoms with Gasteiger partial charge in [-0.1, -0.05) is 0 Å². The molecule has 2 atom stereocenters. The number of hydrogen-bond donors (Lipinski definition) is 1. The van der Waals surface area contributed by atoms with Gasteiger partial charge in [0.2, 0.25) is 5.91 Å². The first kappa shape index (κ1) is 23.3. The van der Waals surface area contributed by atoms with E-state index in [1.165, 1.54) is 0 Å². The standard InChI is InChI=1S/C25H24FN5O3/c1-13-4-17(25-30-9-18(26)10-31-25)5-14(2)22(13)23-20(32)6-16(24(23)34)7-21(33)29-12-19-11-27-15(3)8-28-19/h4-5,8-11,16,23H,6-7,12H2,1-3H3,(H,29,33). The van der Waals surface area contributed by atoms with E-state index in [4.69, 9.17) is 0 Å². The second-order valence-electron chi connectivity index (χ2n) is 8.58. The lowest BCUT2D eigenvalue weighted by molar-refractivity contribution is -0.128. The number of aryl methyl sites for hydroxylation is 3. The number of hydrogen-bond acceptors (Lipinski definition) is 7. The SMILES string of the molecule is Cc1cnc(CNC(=O)CC2CC(=O)C(c3c(C)cc(-c4ncc(F)cn4)cc3C)C2=O)cn1. The molecule has 2 heterocycles. The maximum Gasteiger partial charge on any atom is 0.221 e. The first-order chi connectivity index (χ1) is 16.2. The van der Waals surface area contributed by atoms with Gasteiger partial charge in [0.15, 0.2) is 17.4 Å². The molecule has 1 saturated carbocycles. The van der Waals surface area contributed by atoms with E-state index in [1.807, 2.05) is 20.8 Å². The molecule has 0 aliphatic heterocycles. The number of ketones is 2. The summed E-state index contributed by atoms with van der Waals surface area (Å²) >= 11 is 0. The zero-order valence-electron chi connectivity index (χ0n) is 19.1. The highest BCUT2D eigenvalue weighted by atomic mass is 19.1. The van der Waals surface area contributed by atoms with Crippen LogP contribution in [0.4, 0.5) is 4.39 Å². The van der Waals surface area contributed by atoms with E-state index in [1.54, 1.807) is 24.5 Å². The number of Topliss-reactive ketones (excluding diaryl/α,β-unsaturated/α-hetero) is 2. The molecule has 1 aliphatic carbocycles. The van der Waals surface area contributed by atoms with Crippen LogP contribution in [-0.2, 0) is 20.9 Å². The molecule has 0 radical (unpaired) electrons. The number of nitrogens with one attached hydrogen (secondary N) is 1. The van der Waals surface area contributed by atoms with Gasteiger partial charge in [-0.15, -0.1) is 0 Å². The summed E-state index contributed by atoms with van der Waals surface area (Å²) in [4.78, 5) is 54.8. The number of aromatic nitrogens is 4. The number of nitrogens with zero attached hydrogens (tertiary/aromatic N) is 4. The van der Waals surface area contributed by atoms with Crippen LogP contribution in [0.2, 0.25) is 0 Å². The van der Waals surface area contributed by atoms with E-state index in [9.17, 15) is 18.8 Å². The Hall–Kier alpha value is -3.88. The third-order valence-electron chi connectivity index (χ3n) is 5.95. The molecule has 34 heavy (non-hydrogen) atoms. The summed E-state index contributed by atoms with van der Waals surface area (Å²) in [6, 6.07) is 3.58. The molecule has 2 unspecified atom stereocenters. The third kappa shape index (κ3) is 4.88. The second-order valence-corrected chi connectivity index (χ2v) is 8.58. The minimum atomic E-state index is -0.899. The van der Waals surface area contributed by atoms with Gasteiger partial charge in [-0.25, -0.2) is 14.4 Å². The second kappa shape index (κ2) is 9.54. The lowest BCUT2D eigenvalue weighted by Crippen LogP contribution is -2.27. The van der Waals surface area contributed by atoms with Crippen molar-refractivity contribution in [3.63, 3.8) is 0 Å². The Kier molecular flexibility index (Phi) is 6.54. The highest BCUT2D eigenvalue weighted by molar-refractivity contribution is 6.15. The molecule has 4 rings (SSSR count). The Bertz CT molecular complexity index is 1240. The quantitative estimate of drug-likeness (QED) is 0.561. The Morgan fingerprint density at radius 1 is 1.00 bits per heavy atom. The predicted octanol–water partition coefficient (Wildman–Crippen LogP) is 2.95. The molecule has 2 aromatic heterocycles. The summed E-state index contributed by atoms with van der Waals surface area (Å²) in [5, 5.41) is 2.74. The van der Waals surface area contributed by atoms with Crippen LogP contribution in [0.1, 0.15) is 46.8 Å². The minimum Gasteiger partial charge on any atom is -0.350 e. The van der Waals surface area contributed by atoms with Gasteiger partial charge in [0.1, 0.15) is 11.7 Å². The molecule has 1 fully saturated rings. The van der Waals surface area contributed by atoms with Crippen molar-refractivity contribution in [2.45, 2.75) is 46.1 Å². The van der Waals surface area contributed by atoms with Crippen LogP contribution in [0.15, 0.2) is 36.9 Å². The maximum atomic E-state index is 13.2. The van der Waals surface area contributed by atoms with Crippen LogP contribution in [0.5, 0.6) is 0 Å². The highest BCUT2D eigenvalue weighted by Crippen LogP contribution is 2.38. The zero-order valence-corrected chi connectivity index (χ0v) is 19.1. The monoisotopic (exact) mass is 461 g/mol. The Balaban J connectivity index is 1.47. The summed E-state index contributed by atoms with van der Waals surface area (Å²) in [7, 11) is 0. The Labute approximate surface area is 196 Å². The highest BCUT2D eigenvalue weighted by Gasteiger charge is 2.43. The fourth-order valence-electron chi connectivity index (χ4n) is 4.35. The molecular weight excluding hydrogens is 437 g/mol. The minimum absolute atomic E-state index is 0.0307. The average molecular weight is 461 g/mol. The number of halogens is 1. The van der Waals surface area contributed by atoms with Crippen LogP contribution in [0.3, 0.4) is 0 Å². The van der Waals surface area contributed by atoms with E-state index < -0.39 is 17.7 Å². The first-order valence-electron chi connectivity index (χ1n) is 10.9. The molecule has 1 aromatic carbocycles. The normalized spacial score (nSPS) is 17.8. The Morgan fingerprint density at radius 2 is 1.68 bits per heavy atom. The first-order valence-corrected chi connectivity index (χ1v) is 10.9. The lowest BCUT2D eigenvalue weighted by Gasteiger charge is -2.17. The van der Waals surface area contributed by atoms with Crippen LogP contribution in [0, 0.1) is 32.5 Å². The largest absolute Gasteiger partial charge is 0.350 e. The fourth-order valence-corrected chi connectivity index (χ4v) is 4.35. The molecule has 1 amide bonds. The molecule has 174 valence electrons. The third-order valence-corrected chi connectivity index (χ3v) is 5.95. The van der Waals surface area contributed by atoms with Crippen LogP contribution >= 0.6 is 0 Å². The Morgan fingerprint density at radius 3 is 2.29 bits per heavy atom. The summed E-state index contributed by atoms with van der Waals surface area (Å²) in [5.41, 5.74) is 4.21. The van der Waals surface area contributed by atoms with Crippen molar-refractivity contribution < 1.29 is 18.8 Å². The molecule has 3 aromatic rings. The summed E-state index contributed by atoms with van der Waals surface area (Å²) in [6.07, 6.45) is 5.35. The molecule has 0 saturated heterocycles. The van der Waals surface area contributed by atoms with Crippen LogP contribution in [0.25, 0.3) is 11.4 Å². The molecular formula is C25H24FN5O3. The summed E-state index contributed by atoms with van der Waals surface area (Å²) in [5.74, 6) is -2.48. The van der Waals surface area contributed by atoms with Gasteiger partial charge < -0.3 is 5.32 Å². The molecule has 1 aliphatic rings. The van der Waals surface area contributed by atoms with Crippen molar-refractivity contribution in [3.05, 3.63) is 70.8 Å². The van der Waals surface area contributed by atoms with E-state index in [2.05, 4.69) is 25.3 Å². The predicted molar refractivity (Wildman–Crippen MR) is 121 cm³/mol. The molecule has 1 N–H and O–H groups in total. The number of carbonyl (C=O) groups is 3. The van der Waals surface area contributed by atoms with Gasteiger partial charge in [0, 0.05) is 30.5 Å². The maximum absolute atomic E-state index is 13.2. The van der Waals surface area contributed by atoms with Crippen molar-refractivity contribution in [1.29, 1.82) is 0 Å². The molecule has 0 bridgehead atoms. The molecule has 8 nitrogen and oxygen atoms in total. The van der Waals surface area contributed by atoms with E-state index in [0.717, 1.165) is 29.2 Å². The average Bonchev–Trinajstić information content (AvgIpc) is 3.06. The fraction of sp³-hybridized carbons (Fsp3) is 0.320. The van der Waals surface area contributed by atoms with Crippen molar-refractivity contribution in [1.82, 2.24) is 25.3 Å². The van der Waals surface area contributed by atoms with Gasteiger partial charge in [0.25, 0.3) is 0 Å². The number of rotatable bonds is 6. The van der Waals surface area contributed by atoms with Gasteiger partial charge in [0.05, 0.1) is 36.5 Å². The lowest BCUT2D eigenvalue weighted by atomic mass is 9.86. The van der Waals surface area contributed by atoms with Crippen molar-refractivity contribution in [2.24, 2.45) is 5.92 Å². The smallest absolute Gasteiger partial charge is 0.221 e. The van der Waals surface area contributed by atoms with E-state index in [-0.39, 0.29) is 36.9 Å². The topological polar surface area (TPSA) is 115 Å². The van der Waals surface area contributed by atoms with Gasteiger partial charge >= 0.3 is 0 Å². The number of amides is 1. The van der Waals surface area contributed by atoms with Gasteiger partial charge in [-0.05, 0) is 49.6 Å². The summed E-state index contributed by atoms with van der Waals surface area (Å²) < 4.78 is 13.2. The van der Waals surface area contributed by atoms with E-state index >= 15 is 0 Å².